The Morgan fingerprint density at radius 1 is 1.43 bits per heavy atom. The van der Waals surface area contributed by atoms with Crippen molar-refractivity contribution in [3.05, 3.63) is 0 Å². The molecule has 0 amide bonds. The SMILES string of the molecule is C#CC(CCCC(=O)OCC)OCC. The van der Waals surface area contributed by atoms with Crippen molar-refractivity contribution < 1.29 is 14.3 Å². The van der Waals surface area contributed by atoms with E-state index in [1.54, 1.807) is 6.92 Å². The fourth-order valence-electron chi connectivity index (χ4n) is 1.08. The Morgan fingerprint density at radius 2 is 2.14 bits per heavy atom. The summed E-state index contributed by atoms with van der Waals surface area (Å²) in [5.41, 5.74) is 0. The number of carbonyl (C=O) groups is 1. The molecular weight excluding hydrogens is 180 g/mol. The zero-order valence-electron chi connectivity index (χ0n) is 8.91. The third-order valence-electron chi connectivity index (χ3n) is 1.71. The van der Waals surface area contributed by atoms with Gasteiger partial charge in [-0.2, -0.15) is 0 Å². The molecule has 3 nitrogen and oxygen atoms in total. The van der Waals surface area contributed by atoms with E-state index in [9.17, 15) is 4.79 Å². The fraction of sp³-hybridized carbons (Fsp3) is 0.727. The van der Waals surface area contributed by atoms with Gasteiger partial charge in [0.05, 0.1) is 6.61 Å². The number of ether oxygens (including phenoxy) is 2. The van der Waals surface area contributed by atoms with Crippen LogP contribution in [-0.2, 0) is 14.3 Å². The summed E-state index contributed by atoms with van der Waals surface area (Å²) in [4.78, 5) is 11.0. The highest BCUT2D eigenvalue weighted by Crippen LogP contribution is 2.05. The molecule has 0 saturated heterocycles. The molecule has 1 atom stereocenters. The van der Waals surface area contributed by atoms with E-state index in [-0.39, 0.29) is 12.1 Å². The first-order chi connectivity index (χ1) is 6.74. The molecule has 0 aromatic carbocycles. The molecule has 3 heteroatoms. The number of terminal acetylenes is 1. The first-order valence-electron chi connectivity index (χ1n) is 4.97. The van der Waals surface area contributed by atoms with Gasteiger partial charge in [-0.15, -0.1) is 6.42 Å². The predicted molar refractivity (Wildman–Crippen MR) is 54.7 cm³/mol. The quantitative estimate of drug-likeness (QED) is 0.462. The van der Waals surface area contributed by atoms with Crippen molar-refractivity contribution in [3.63, 3.8) is 0 Å². The molecular formula is C11H18O3. The first kappa shape index (κ1) is 13.0. The van der Waals surface area contributed by atoms with Crippen LogP contribution in [0.4, 0.5) is 0 Å². The van der Waals surface area contributed by atoms with Crippen LogP contribution < -0.4 is 0 Å². The van der Waals surface area contributed by atoms with Crippen molar-refractivity contribution in [2.45, 2.75) is 39.2 Å². The molecule has 14 heavy (non-hydrogen) atoms. The van der Waals surface area contributed by atoms with Crippen LogP contribution in [0.1, 0.15) is 33.1 Å². The second-order valence-corrected chi connectivity index (χ2v) is 2.81. The normalized spacial score (nSPS) is 11.8. The van der Waals surface area contributed by atoms with Gasteiger partial charge in [0.2, 0.25) is 0 Å². The van der Waals surface area contributed by atoms with E-state index >= 15 is 0 Å². The van der Waals surface area contributed by atoms with Gasteiger partial charge in [0.1, 0.15) is 6.10 Å². The lowest BCUT2D eigenvalue weighted by atomic mass is 10.1. The van der Waals surface area contributed by atoms with E-state index in [2.05, 4.69) is 5.92 Å². The third-order valence-corrected chi connectivity index (χ3v) is 1.71. The van der Waals surface area contributed by atoms with Crippen molar-refractivity contribution >= 4 is 5.97 Å². The van der Waals surface area contributed by atoms with Crippen molar-refractivity contribution in [3.8, 4) is 12.3 Å². The van der Waals surface area contributed by atoms with Gasteiger partial charge in [0.25, 0.3) is 0 Å². The molecule has 0 N–H and O–H groups in total. The number of hydrogen-bond acceptors (Lipinski definition) is 3. The largest absolute Gasteiger partial charge is 0.466 e. The second-order valence-electron chi connectivity index (χ2n) is 2.81. The monoisotopic (exact) mass is 198 g/mol. The summed E-state index contributed by atoms with van der Waals surface area (Å²) in [5, 5.41) is 0. The molecule has 0 aliphatic rings. The second kappa shape index (κ2) is 8.58. The molecule has 0 saturated carbocycles. The van der Waals surface area contributed by atoms with Crippen LogP contribution in [0.3, 0.4) is 0 Å². The Morgan fingerprint density at radius 3 is 2.64 bits per heavy atom. The molecule has 80 valence electrons. The van der Waals surface area contributed by atoms with E-state index in [1.807, 2.05) is 6.92 Å². The fourth-order valence-corrected chi connectivity index (χ4v) is 1.08. The summed E-state index contributed by atoms with van der Waals surface area (Å²) >= 11 is 0. The number of rotatable bonds is 7. The van der Waals surface area contributed by atoms with E-state index in [0.717, 1.165) is 0 Å². The van der Waals surface area contributed by atoms with Gasteiger partial charge in [0.15, 0.2) is 0 Å². The number of esters is 1. The van der Waals surface area contributed by atoms with Crippen LogP contribution in [0.5, 0.6) is 0 Å². The zero-order valence-corrected chi connectivity index (χ0v) is 8.91. The summed E-state index contributed by atoms with van der Waals surface area (Å²) in [6, 6.07) is 0. The molecule has 0 rings (SSSR count). The van der Waals surface area contributed by atoms with Crippen molar-refractivity contribution in [1.29, 1.82) is 0 Å². The average Bonchev–Trinajstić information content (AvgIpc) is 2.17. The van der Waals surface area contributed by atoms with Crippen LogP contribution in [0.25, 0.3) is 0 Å². The standard InChI is InChI=1S/C11H18O3/c1-4-10(13-5-2)8-7-9-11(12)14-6-3/h1,10H,5-9H2,2-3H3. The van der Waals surface area contributed by atoms with Gasteiger partial charge in [-0.3, -0.25) is 4.79 Å². The number of hydrogen-bond donors (Lipinski definition) is 0. The van der Waals surface area contributed by atoms with Crippen molar-refractivity contribution in [2.24, 2.45) is 0 Å². The molecule has 0 aromatic rings. The van der Waals surface area contributed by atoms with Gasteiger partial charge in [-0.05, 0) is 26.7 Å². The van der Waals surface area contributed by atoms with Gasteiger partial charge in [0, 0.05) is 13.0 Å². The lowest BCUT2D eigenvalue weighted by molar-refractivity contribution is -0.143. The Balaban J connectivity index is 3.51. The van der Waals surface area contributed by atoms with Gasteiger partial charge in [-0.1, -0.05) is 5.92 Å². The summed E-state index contributed by atoms with van der Waals surface area (Å²) < 4.78 is 10.0. The Labute approximate surface area is 85.8 Å². The highest BCUT2D eigenvalue weighted by Gasteiger charge is 2.06. The van der Waals surface area contributed by atoms with E-state index in [1.165, 1.54) is 0 Å². The third kappa shape index (κ3) is 6.50. The first-order valence-corrected chi connectivity index (χ1v) is 4.97. The minimum Gasteiger partial charge on any atom is -0.466 e. The van der Waals surface area contributed by atoms with Crippen LogP contribution >= 0.6 is 0 Å². The Kier molecular flexibility index (Phi) is 7.96. The van der Waals surface area contributed by atoms with Gasteiger partial charge < -0.3 is 9.47 Å². The molecule has 1 unspecified atom stereocenters. The molecule has 0 fully saturated rings. The summed E-state index contributed by atoms with van der Waals surface area (Å²) in [7, 11) is 0. The minimum absolute atomic E-state index is 0.167. The maximum absolute atomic E-state index is 11.0. The van der Waals surface area contributed by atoms with Crippen molar-refractivity contribution in [1.82, 2.24) is 0 Å². The lowest BCUT2D eigenvalue weighted by Crippen LogP contribution is -2.11. The van der Waals surface area contributed by atoms with Crippen LogP contribution in [0.2, 0.25) is 0 Å². The minimum atomic E-state index is -0.172. The van der Waals surface area contributed by atoms with Gasteiger partial charge >= 0.3 is 5.97 Å². The molecule has 0 aliphatic heterocycles. The van der Waals surface area contributed by atoms with Crippen LogP contribution in [0, 0.1) is 12.3 Å². The highest BCUT2D eigenvalue weighted by molar-refractivity contribution is 5.69. The average molecular weight is 198 g/mol. The molecule has 0 heterocycles. The summed E-state index contributed by atoms with van der Waals surface area (Å²) in [6.07, 6.45) is 6.91. The molecule has 0 radical (unpaired) electrons. The summed E-state index contributed by atoms with van der Waals surface area (Å²) in [5.74, 6) is 2.37. The highest BCUT2D eigenvalue weighted by atomic mass is 16.5. The molecule has 0 spiro atoms. The van der Waals surface area contributed by atoms with E-state index in [0.29, 0.717) is 32.5 Å². The Bertz CT molecular complexity index is 193. The smallest absolute Gasteiger partial charge is 0.305 e. The topological polar surface area (TPSA) is 35.5 Å². The molecule has 0 aromatic heterocycles. The Hall–Kier alpha value is -1.01. The molecule has 0 aliphatic carbocycles. The molecule has 0 bridgehead atoms. The number of carbonyl (C=O) groups excluding carboxylic acids is 1. The van der Waals surface area contributed by atoms with Crippen LogP contribution in [-0.4, -0.2) is 25.3 Å². The van der Waals surface area contributed by atoms with Crippen LogP contribution in [0.15, 0.2) is 0 Å². The maximum Gasteiger partial charge on any atom is 0.305 e. The predicted octanol–water partition coefficient (Wildman–Crippen LogP) is 1.76. The van der Waals surface area contributed by atoms with E-state index in [4.69, 9.17) is 15.9 Å². The van der Waals surface area contributed by atoms with E-state index < -0.39 is 0 Å². The van der Waals surface area contributed by atoms with Crippen molar-refractivity contribution in [2.75, 3.05) is 13.2 Å². The maximum atomic E-state index is 11.0. The zero-order chi connectivity index (χ0) is 10.8. The summed E-state index contributed by atoms with van der Waals surface area (Å²) in [6.45, 7) is 4.73. The van der Waals surface area contributed by atoms with Gasteiger partial charge in [-0.25, -0.2) is 0 Å². The lowest BCUT2D eigenvalue weighted by Gasteiger charge is -2.09.